The van der Waals surface area contributed by atoms with Crippen molar-refractivity contribution in [2.45, 2.75) is 19.8 Å². The number of furan rings is 1. The van der Waals surface area contributed by atoms with Crippen molar-refractivity contribution in [1.29, 1.82) is 0 Å². The number of ether oxygens (including phenoxy) is 1. The average molecular weight is 374 g/mol. The van der Waals surface area contributed by atoms with E-state index in [0.29, 0.717) is 22.1 Å². The summed E-state index contributed by atoms with van der Waals surface area (Å²) in [5.41, 5.74) is 2.23. The summed E-state index contributed by atoms with van der Waals surface area (Å²) in [6, 6.07) is 11.8. The molecule has 0 amide bonds. The minimum absolute atomic E-state index is 0.0680. The van der Waals surface area contributed by atoms with Crippen LogP contribution in [-0.2, 0) is 4.79 Å². The number of fused-ring (bicyclic) bond motifs is 4. The molecule has 1 unspecified atom stereocenters. The number of hydrogen-bond acceptors (Lipinski definition) is 6. The van der Waals surface area contributed by atoms with Gasteiger partial charge in [-0.3, -0.25) is 9.59 Å². The van der Waals surface area contributed by atoms with E-state index in [4.69, 9.17) is 13.6 Å². The van der Waals surface area contributed by atoms with Crippen molar-refractivity contribution < 1.29 is 23.2 Å². The first kappa shape index (κ1) is 16.5. The summed E-state index contributed by atoms with van der Waals surface area (Å²) in [6.07, 6.45) is 0. The molecule has 28 heavy (non-hydrogen) atoms. The lowest BCUT2D eigenvalue weighted by molar-refractivity contribution is -0.135. The quantitative estimate of drug-likeness (QED) is 0.216. The third-order valence-electron chi connectivity index (χ3n) is 4.95. The number of hydrogen-bond donors (Lipinski definition) is 0. The van der Waals surface area contributed by atoms with Gasteiger partial charge in [0.05, 0.1) is 10.9 Å². The topological polar surface area (TPSA) is 86.7 Å². The summed E-state index contributed by atoms with van der Waals surface area (Å²) < 4.78 is 16.5. The first-order valence-electron chi connectivity index (χ1n) is 8.76. The first-order valence-corrected chi connectivity index (χ1v) is 8.76. The molecule has 1 aliphatic heterocycles. The Morgan fingerprint density at radius 1 is 0.821 bits per heavy atom. The first-order chi connectivity index (χ1) is 13.4. The van der Waals surface area contributed by atoms with Gasteiger partial charge < -0.3 is 13.6 Å². The molecule has 6 nitrogen and oxygen atoms in total. The normalized spacial score (nSPS) is 16.4. The molecule has 3 heterocycles. The molecule has 5 rings (SSSR count). The second-order valence-corrected chi connectivity index (χ2v) is 7.00. The highest BCUT2D eigenvalue weighted by molar-refractivity contribution is 6.17. The summed E-state index contributed by atoms with van der Waals surface area (Å²) in [5.74, 6) is -2.11. The lowest BCUT2D eigenvalue weighted by atomic mass is 9.91. The van der Waals surface area contributed by atoms with Crippen LogP contribution in [0.15, 0.2) is 56.1 Å². The van der Waals surface area contributed by atoms with Crippen LogP contribution in [-0.4, -0.2) is 11.8 Å². The van der Waals surface area contributed by atoms with E-state index in [1.165, 1.54) is 6.07 Å². The third kappa shape index (κ3) is 2.31. The van der Waals surface area contributed by atoms with Gasteiger partial charge in [-0.25, -0.2) is 4.79 Å². The van der Waals surface area contributed by atoms with Crippen LogP contribution < -0.4 is 10.4 Å². The van der Waals surface area contributed by atoms with E-state index < -0.39 is 23.3 Å². The number of ketones is 1. The number of aryl methyl sites for hydroxylation is 2. The van der Waals surface area contributed by atoms with Crippen molar-refractivity contribution in [1.82, 2.24) is 0 Å². The highest BCUT2D eigenvalue weighted by Gasteiger charge is 2.40. The van der Waals surface area contributed by atoms with Crippen molar-refractivity contribution in [2.24, 2.45) is 0 Å². The number of carbonyl (C=O) groups excluding carboxylic acids is 2. The van der Waals surface area contributed by atoms with Crippen molar-refractivity contribution in [3.8, 4) is 5.75 Å². The molecule has 0 bridgehead atoms. The molecule has 138 valence electrons. The predicted molar refractivity (Wildman–Crippen MR) is 101 cm³/mol. The summed E-state index contributed by atoms with van der Waals surface area (Å²) >= 11 is 0. The van der Waals surface area contributed by atoms with Crippen molar-refractivity contribution in [2.75, 3.05) is 0 Å². The number of esters is 1. The van der Waals surface area contributed by atoms with E-state index in [0.717, 1.165) is 11.1 Å². The number of benzene rings is 2. The zero-order valence-electron chi connectivity index (χ0n) is 15.1. The highest BCUT2D eigenvalue weighted by Crippen LogP contribution is 2.37. The zero-order chi connectivity index (χ0) is 19.6. The van der Waals surface area contributed by atoms with Crippen LogP contribution in [0.25, 0.3) is 21.9 Å². The minimum atomic E-state index is -1.26. The smallest absolute Gasteiger partial charge is 0.347 e. The van der Waals surface area contributed by atoms with Crippen LogP contribution in [0.2, 0.25) is 0 Å². The molecule has 0 N–H and O–H groups in total. The number of carbonyl (C=O) groups is 2. The second kappa shape index (κ2) is 5.66. The summed E-state index contributed by atoms with van der Waals surface area (Å²) in [4.78, 5) is 37.9. The molecule has 1 aliphatic rings. The molecule has 0 saturated carbocycles. The lowest BCUT2D eigenvalue weighted by Gasteiger charge is -2.21. The molecule has 0 spiro atoms. The van der Waals surface area contributed by atoms with Gasteiger partial charge in [-0.1, -0.05) is 23.3 Å². The van der Waals surface area contributed by atoms with Crippen LogP contribution in [0.3, 0.4) is 0 Å². The van der Waals surface area contributed by atoms with E-state index in [9.17, 15) is 14.4 Å². The Bertz CT molecular complexity index is 1370. The van der Waals surface area contributed by atoms with Crippen LogP contribution >= 0.6 is 0 Å². The second-order valence-electron chi connectivity index (χ2n) is 7.00. The van der Waals surface area contributed by atoms with Gasteiger partial charge in [0.25, 0.3) is 0 Å². The fraction of sp³-hybridized carbons (Fsp3) is 0.136. The SMILES string of the molecule is Cc1ccc2c(c1)C(=O)C(c1cc3c(=O)oc4ccc(C)cc4c3o1)C(=O)O2. The Labute approximate surface area is 158 Å². The van der Waals surface area contributed by atoms with Gasteiger partial charge >= 0.3 is 11.6 Å². The molecule has 1 atom stereocenters. The van der Waals surface area contributed by atoms with Crippen LogP contribution in [0.5, 0.6) is 5.75 Å². The Hall–Kier alpha value is -3.67. The third-order valence-corrected chi connectivity index (χ3v) is 4.95. The fourth-order valence-corrected chi connectivity index (χ4v) is 3.57. The Morgan fingerprint density at radius 3 is 2.39 bits per heavy atom. The van der Waals surface area contributed by atoms with E-state index in [2.05, 4.69) is 0 Å². The molecule has 6 heteroatoms. The average Bonchev–Trinajstić information content (AvgIpc) is 3.09. The van der Waals surface area contributed by atoms with Gasteiger partial charge in [-0.15, -0.1) is 0 Å². The van der Waals surface area contributed by atoms with Gasteiger partial charge in [0.15, 0.2) is 17.3 Å². The molecular weight excluding hydrogens is 360 g/mol. The molecule has 2 aromatic carbocycles. The molecule has 0 aliphatic carbocycles. The number of rotatable bonds is 1. The molecule has 0 saturated heterocycles. The molecule has 0 fully saturated rings. The Balaban J connectivity index is 1.73. The fourth-order valence-electron chi connectivity index (χ4n) is 3.57. The van der Waals surface area contributed by atoms with Gasteiger partial charge in [-0.05, 0) is 44.2 Å². The predicted octanol–water partition coefficient (Wildman–Crippen LogP) is 4.04. The van der Waals surface area contributed by atoms with Crippen molar-refractivity contribution >= 4 is 33.7 Å². The molecule has 0 radical (unpaired) electrons. The lowest BCUT2D eigenvalue weighted by Crippen LogP contribution is -2.31. The maximum absolute atomic E-state index is 13.0. The van der Waals surface area contributed by atoms with Crippen LogP contribution in [0.1, 0.15) is 33.2 Å². The molecule has 2 aromatic heterocycles. The zero-order valence-corrected chi connectivity index (χ0v) is 15.1. The van der Waals surface area contributed by atoms with E-state index in [-0.39, 0.29) is 16.9 Å². The number of Topliss-reactive ketones (excluding diaryl/α,β-unsaturated/α-hetero) is 1. The van der Waals surface area contributed by atoms with Crippen molar-refractivity contribution in [3.05, 3.63) is 75.3 Å². The summed E-state index contributed by atoms with van der Waals surface area (Å²) in [7, 11) is 0. The summed E-state index contributed by atoms with van der Waals surface area (Å²) in [6.45, 7) is 3.75. The monoisotopic (exact) mass is 374 g/mol. The van der Waals surface area contributed by atoms with Crippen molar-refractivity contribution in [3.63, 3.8) is 0 Å². The Kier molecular flexibility index (Phi) is 3.34. The minimum Gasteiger partial charge on any atom is -0.459 e. The van der Waals surface area contributed by atoms with Gasteiger partial charge in [0.2, 0.25) is 0 Å². The van der Waals surface area contributed by atoms with E-state index in [1.807, 2.05) is 26.0 Å². The van der Waals surface area contributed by atoms with Crippen LogP contribution in [0.4, 0.5) is 0 Å². The highest BCUT2D eigenvalue weighted by atomic mass is 16.5. The standard InChI is InChI=1S/C22H14O6/c1-10-3-5-15-12(7-10)19(23)18(22(25)28-15)17-9-14-20(26-17)13-8-11(2)4-6-16(13)27-21(14)24/h3-9,18H,1-2H3. The Morgan fingerprint density at radius 2 is 1.57 bits per heavy atom. The van der Waals surface area contributed by atoms with Crippen LogP contribution in [0, 0.1) is 13.8 Å². The van der Waals surface area contributed by atoms with Gasteiger partial charge in [0, 0.05) is 0 Å². The maximum Gasteiger partial charge on any atom is 0.347 e. The summed E-state index contributed by atoms with van der Waals surface area (Å²) in [5, 5.41) is 0.789. The molecule has 4 aromatic rings. The van der Waals surface area contributed by atoms with E-state index >= 15 is 0 Å². The largest absolute Gasteiger partial charge is 0.459 e. The molecular formula is C22H14O6. The maximum atomic E-state index is 13.0. The van der Waals surface area contributed by atoms with Gasteiger partial charge in [0.1, 0.15) is 22.5 Å². The van der Waals surface area contributed by atoms with Gasteiger partial charge in [-0.2, -0.15) is 0 Å². The van der Waals surface area contributed by atoms with E-state index in [1.54, 1.807) is 24.3 Å².